The number of halogens is 1. The zero-order chi connectivity index (χ0) is 13.8. The summed E-state index contributed by atoms with van der Waals surface area (Å²) in [4.78, 5) is 22.5. The Morgan fingerprint density at radius 3 is 2.84 bits per heavy atom. The number of carbonyl (C=O) groups excluding carboxylic acids is 1. The number of anilines is 1. The van der Waals surface area contributed by atoms with E-state index in [9.17, 15) is 14.0 Å². The quantitative estimate of drug-likeness (QED) is 0.814. The number of carboxylic acid groups (broad SMARTS) is 1. The molecule has 1 amide bonds. The third-order valence-electron chi connectivity index (χ3n) is 2.21. The summed E-state index contributed by atoms with van der Waals surface area (Å²) in [6.07, 6.45) is 1.21. The molecule has 0 aliphatic carbocycles. The van der Waals surface area contributed by atoms with Crippen LogP contribution in [0.25, 0.3) is 0 Å². The first-order valence-corrected chi connectivity index (χ1v) is 5.10. The molecule has 0 saturated carbocycles. The molecule has 1 aromatic heterocycles. The molecule has 0 fully saturated rings. The van der Waals surface area contributed by atoms with E-state index in [4.69, 9.17) is 5.11 Å². The van der Waals surface area contributed by atoms with Crippen LogP contribution in [-0.4, -0.2) is 37.2 Å². The fraction of sp³-hybridized carbons (Fsp3) is 0.100. The molecule has 0 atom stereocenters. The molecule has 0 radical (unpaired) electrons. The average molecular weight is 265 g/mol. The van der Waals surface area contributed by atoms with E-state index in [0.29, 0.717) is 0 Å². The van der Waals surface area contributed by atoms with Crippen molar-refractivity contribution in [3.8, 4) is 0 Å². The molecule has 8 nitrogen and oxygen atoms in total. The third-order valence-corrected chi connectivity index (χ3v) is 2.21. The van der Waals surface area contributed by atoms with Gasteiger partial charge in [-0.3, -0.25) is 4.79 Å². The molecule has 2 aromatic rings. The normalized spacial score (nSPS) is 10.2. The number of nitrogens with one attached hydrogen (secondary N) is 1. The van der Waals surface area contributed by atoms with Gasteiger partial charge in [0.1, 0.15) is 18.7 Å². The van der Waals surface area contributed by atoms with Crippen molar-refractivity contribution in [3.05, 3.63) is 35.9 Å². The van der Waals surface area contributed by atoms with Crippen molar-refractivity contribution < 1.29 is 19.1 Å². The molecule has 0 saturated heterocycles. The van der Waals surface area contributed by atoms with E-state index in [1.165, 1.54) is 18.5 Å². The van der Waals surface area contributed by atoms with Crippen molar-refractivity contribution in [2.75, 3.05) is 5.32 Å². The van der Waals surface area contributed by atoms with Crippen LogP contribution >= 0.6 is 0 Å². The van der Waals surface area contributed by atoms with E-state index in [-0.39, 0.29) is 17.8 Å². The number of para-hydroxylation sites is 1. The number of hydrogen-bond acceptors (Lipinski definition) is 5. The van der Waals surface area contributed by atoms with Gasteiger partial charge in [-0.15, -0.1) is 5.10 Å². The number of nitrogens with zero attached hydrogens (tertiary/aromatic N) is 4. The van der Waals surface area contributed by atoms with E-state index < -0.39 is 17.7 Å². The summed E-state index contributed by atoms with van der Waals surface area (Å²) in [6.45, 7) is -0.250. The third kappa shape index (κ3) is 2.89. The van der Waals surface area contributed by atoms with Crippen LogP contribution in [0.15, 0.2) is 24.5 Å². The molecular weight excluding hydrogens is 257 g/mol. The van der Waals surface area contributed by atoms with Gasteiger partial charge in [0.2, 0.25) is 5.91 Å². The largest absolute Gasteiger partial charge is 0.478 e. The summed E-state index contributed by atoms with van der Waals surface area (Å²) in [6, 6.07) is 3.49. The van der Waals surface area contributed by atoms with E-state index in [2.05, 4.69) is 20.8 Å². The van der Waals surface area contributed by atoms with Crippen molar-refractivity contribution >= 4 is 17.6 Å². The number of hydrogen-bond donors (Lipinski definition) is 2. The van der Waals surface area contributed by atoms with E-state index in [0.717, 1.165) is 10.7 Å². The van der Waals surface area contributed by atoms with Crippen molar-refractivity contribution in [1.82, 2.24) is 20.2 Å². The van der Waals surface area contributed by atoms with Gasteiger partial charge in [-0.1, -0.05) is 6.07 Å². The Morgan fingerprint density at radius 1 is 1.42 bits per heavy atom. The highest BCUT2D eigenvalue weighted by atomic mass is 19.1. The van der Waals surface area contributed by atoms with E-state index in [1.54, 1.807) is 0 Å². The zero-order valence-corrected chi connectivity index (χ0v) is 9.45. The second kappa shape index (κ2) is 5.21. The van der Waals surface area contributed by atoms with Crippen LogP contribution in [0.1, 0.15) is 10.4 Å². The van der Waals surface area contributed by atoms with Gasteiger partial charge in [-0.2, -0.15) is 0 Å². The van der Waals surface area contributed by atoms with E-state index >= 15 is 0 Å². The second-order valence-electron chi connectivity index (χ2n) is 3.52. The maximum Gasteiger partial charge on any atom is 0.337 e. The number of benzene rings is 1. The molecule has 19 heavy (non-hydrogen) atoms. The lowest BCUT2D eigenvalue weighted by Crippen LogP contribution is -2.21. The van der Waals surface area contributed by atoms with Crippen LogP contribution in [0, 0.1) is 5.82 Å². The first-order valence-electron chi connectivity index (χ1n) is 5.10. The summed E-state index contributed by atoms with van der Waals surface area (Å²) in [5.74, 6) is -2.80. The molecule has 0 aliphatic heterocycles. The zero-order valence-electron chi connectivity index (χ0n) is 9.45. The fourth-order valence-electron chi connectivity index (χ4n) is 1.41. The van der Waals surface area contributed by atoms with Crippen LogP contribution in [0.2, 0.25) is 0 Å². The van der Waals surface area contributed by atoms with Crippen LogP contribution in [0.5, 0.6) is 0 Å². The molecule has 0 unspecified atom stereocenters. The molecule has 2 rings (SSSR count). The van der Waals surface area contributed by atoms with E-state index in [1.807, 2.05) is 0 Å². The number of rotatable bonds is 4. The topological polar surface area (TPSA) is 110 Å². The summed E-state index contributed by atoms with van der Waals surface area (Å²) < 4.78 is 14.6. The van der Waals surface area contributed by atoms with Crippen LogP contribution in [0.4, 0.5) is 10.1 Å². The van der Waals surface area contributed by atoms with Gasteiger partial charge in [0.25, 0.3) is 0 Å². The Bertz CT molecular complexity index is 614. The van der Waals surface area contributed by atoms with Crippen LogP contribution < -0.4 is 5.32 Å². The second-order valence-corrected chi connectivity index (χ2v) is 3.52. The number of aromatic nitrogens is 4. The van der Waals surface area contributed by atoms with Crippen LogP contribution in [-0.2, 0) is 11.3 Å². The maximum atomic E-state index is 13.5. The minimum atomic E-state index is -1.34. The fourth-order valence-corrected chi connectivity index (χ4v) is 1.41. The minimum absolute atomic E-state index is 0.250. The van der Waals surface area contributed by atoms with Gasteiger partial charge in [-0.25, -0.2) is 13.9 Å². The van der Waals surface area contributed by atoms with Crippen molar-refractivity contribution in [2.24, 2.45) is 0 Å². The average Bonchev–Trinajstić information content (AvgIpc) is 2.84. The number of tetrazole rings is 1. The monoisotopic (exact) mass is 265 g/mol. The molecule has 9 heteroatoms. The Kier molecular flexibility index (Phi) is 3.46. The Hall–Kier alpha value is -2.84. The highest BCUT2D eigenvalue weighted by Gasteiger charge is 2.16. The lowest BCUT2D eigenvalue weighted by atomic mass is 10.1. The molecule has 98 valence electrons. The summed E-state index contributed by atoms with van der Waals surface area (Å²) in [5.41, 5.74) is -0.710. The number of carboxylic acids is 1. The molecule has 2 N–H and O–H groups in total. The van der Waals surface area contributed by atoms with Crippen molar-refractivity contribution in [1.29, 1.82) is 0 Å². The van der Waals surface area contributed by atoms with Crippen LogP contribution in [0.3, 0.4) is 0 Å². The highest BCUT2D eigenvalue weighted by molar-refractivity contribution is 6.00. The number of amides is 1. The van der Waals surface area contributed by atoms with Gasteiger partial charge < -0.3 is 10.4 Å². The molecule has 1 heterocycles. The summed E-state index contributed by atoms with van der Waals surface area (Å²) in [7, 11) is 0. The smallest absolute Gasteiger partial charge is 0.337 e. The van der Waals surface area contributed by atoms with Gasteiger partial charge >= 0.3 is 5.97 Å². The lowest BCUT2D eigenvalue weighted by Gasteiger charge is -2.09. The minimum Gasteiger partial charge on any atom is -0.478 e. The SMILES string of the molecule is O=C(Cn1cnnn1)Nc1c(F)cccc1C(=O)O. The lowest BCUT2D eigenvalue weighted by molar-refractivity contribution is -0.117. The van der Waals surface area contributed by atoms with Gasteiger partial charge in [0, 0.05) is 0 Å². The molecular formula is C10H8FN5O3. The highest BCUT2D eigenvalue weighted by Crippen LogP contribution is 2.19. The Balaban J connectivity index is 2.19. The molecule has 1 aromatic carbocycles. The number of carbonyl (C=O) groups is 2. The molecule has 0 bridgehead atoms. The van der Waals surface area contributed by atoms with Gasteiger partial charge in [0.05, 0.1) is 11.3 Å². The Morgan fingerprint density at radius 2 is 2.21 bits per heavy atom. The summed E-state index contributed by atoms with van der Waals surface area (Å²) >= 11 is 0. The van der Waals surface area contributed by atoms with Gasteiger partial charge in [0.15, 0.2) is 0 Å². The maximum absolute atomic E-state index is 13.5. The predicted octanol–water partition coefficient (Wildman–Crippen LogP) is 0.149. The summed E-state index contributed by atoms with van der Waals surface area (Å²) in [5, 5.41) is 21.2. The standard InChI is InChI=1S/C10H8FN5O3/c11-7-3-1-2-6(10(18)19)9(7)13-8(17)4-16-5-12-14-15-16/h1-3,5H,4H2,(H,13,17)(H,18,19). The van der Waals surface area contributed by atoms with Gasteiger partial charge in [-0.05, 0) is 22.6 Å². The van der Waals surface area contributed by atoms with Crippen molar-refractivity contribution in [3.63, 3.8) is 0 Å². The predicted molar refractivity (Wildman–Crippen MR) is 59.8 cm³/mol. The Labute approximate surface area is 105 Å². The van der Waals surface area contributed by atoms with Crippen molar-refractivity contribution in [2.45, 2.75) is 6.54 Å². The number of aromatic carboxylic acids is 1. The first-order chi connectivity index (χ1) is 9.08. The first kappa shape index (κ1) is 12.6. The molecule has 0 spiro atoms. The molecule has 0 aliphatic rings.